The summed E-state index contributed by atoms with van der Waals surface area (Å²) in [6.45, 7) is 10.4. The van der Waals surface area contributed by atoms with Gasteiger partial charge in [0.25, 0.3) is 0 Å². The average molecular weight is 265 g/mol. The number of aliphatic hydroxyl groups is 1. The molecule has 108 valence electrons. The lowest BCUT2D eigenvalue weighted by Gasteiger charge is -2.25. The van der Waals surface area contributed by atoms with Gasteiger partial charge in [0, 0.05) is 6.54 Å². The summed E-state index contributed by atoms with van der Waals surface area (Å²) >= 11 is 0. The van der Waals surface area contributed by atoms with Crippen molar-refractivity contribution in [3.05, 3.63) is 29.8 Å². The highest BCUT2D eigenvalue weighted by molar-refractivity contribution is 5.30. The van der Waals surface area contributed by atoms with Crippen molar-refractivity contribution in [1.82, 2.24) is 5.32 Å². The van der Waals surface area contributed by atoms with Crippen molar-refractivity contribution in [3.63, 3.8) is 0 Å². The molecular weight excluding hydrogens is 238 g/mol. The van der Waals surface area contributed by atoms with Crippen LogP contribution in [-0.2, 0) is 5.60 Å². The summed E-state index contributed by atoms with van der Waals surface area (Å²) in [5.41, 5.74) is 0.0608. The largest absolute Gasteiger partial charge is 0.494 e. The van der Waals surface area contributed by atoms with E-state index in [1.54, 1.807) is 0 Å². The fourth-order valence-electron chi connectivity index (χ4n) is 1.84. The Balaban J connectivity index is 2.57. The van der Waals surface area contributed by atoms with Crippen LogP contribution in [0, 0.1) is 5.92 Å². The van der Waals surface area contributed by atoms with Gasteiger partial charge in [-0.05, 0) is 43.5 Å². The monoisotopic (exact) mass is 265 g/mol. The maximum atomic E-state index is 10.5. The van der Waals surface area contributed by atoms with Gasteiger partial charge in [0.05, 0.1) is 12.2 Å². The summed E-state index contributed by atoms with van der Waals surface area (Å²) in [5.74, 6) is 1.44. The lowest BCUT2D eigenvalue weighted by atomic mass is 9.96. The van der Waals surface area contributed by atoms with Gasteiger partial charge >= 0.3 is 0 Å². The second kappa shape index (κ2) is 7.51. The fourth-order valence-corrected chi connectivity index (χ4v) is 1.84. The summed E-state index contributed by atoms with van der Waals surface area (Å²) in [6.07, 6.45) is 0.999. The molecule has 0 saturated heterocycles. The van der Waals surface area contributed by atoms with Crippen molar-refractivity contribution >= 4 is 0 Å². The third kappa shape index (κ3) is 5.62. The Morgan fingerprint density at radius 3 is 2.42 bits per heavy atom. The second-order valence-corrected chi connectivity index (χ2v) is 5.67. The van der Waals surface area contributed by atoms with Gasteiger partial charge in [-0.3, -0.25) is 0 Å². The fraction of sp³-hybridized carbons (Fsp3) is 0.625. The smallest absolute Gasteiger partial charge is 0.119 e. The van der Waals surface area contributed by atoms with E-state index >= 15 is 0 Å². The molecule has 0 aliphatic carbocycles. The third-order valence-electron chi connectivity index (χ3n) is 2.97. The molecule has 0 aliphatic rings. The van der Waals surface area contributed by atoms with Crippen molar-refractivity contribution in [1.29, 1.82) is 0 Å². The van der Waals surface area contributed by atoms with Crippen LogP contribution >= 0.6 is 0 Å². The summed E-state index contributed by atoms with van der Waals surface area (Å²) in [7, 11) is 0. The zero-order valence-electron chi connectivity index (χ0n) is 12.6. The molecule has 1 rings (SSSR count). The molecule has 0 fully saturated rings. The van der Waals surface area contributed by atoms with Gasteiger partial charge in [0.2, 0.25) is 0 Å². The molecule has 1 aromatic rings. The van der Waals surface area contributed by atoms with Gasteiger partial charge in [0.15, 0.2) is 0 Å². The zero-order valence-corrected chi connectivity index (χ0v) is 12.6. The van der Waals surface area contributed by atoms with E-state index in [-0.39, 0.29) is 0 Å². The van der Waals surface area contributed by atoms with Crippen molar-refractivity contribution in [2.24, 2.45) is 5.92 Å². The molecule has 0 spiro atoms. The molecular formula is C16H27NO2. The first-order valence-electron chi connectivity index (χ1n) is 7.12. The maximum absolute atomic E-state index is 10.5. The van der Waals surface area contributed by atoms with Crippen LogP contribution in [0.1, 0.15) is 39.7 Å². The maximum Gasteiger partial charge on any atom is 0.119 e. The van der Waals surface area contributed by atoms with Crippen molar-refractivity contribution in [3.8, 4) is 5.75 Å². The predicted molar refractivity (Wildman–Crippen MR) is 79.5 cm³/mol. The zero-order chi connectivity index (χ0) is 14.3. The van der Waals surface area contributed by atoms with Crippen LogP contribution in [0.3, 0.4) is 0 Å². The Kier molecular flexibility index (Phi) is 6.32. The molecule has 0 bridgehead atoms. The first kappa shape index (κ1) is 16.0. The van der Waals surface area contributed by atoms with Gasteiger partial charge in [0.1, 0.15) is 5.75 Å². The molecule has 1 atom stereocenters. The average Bonchev–Trinajstić information content (AvgIpc) is 2.36. The van der Waals surface area contributed by atoms with Crippen LogP contribution in [0.25, 0.3) is 0 Å². The van der Waals surface area contributed by atoms with Gasteiger partial charge in [-0.2, -0.15) is 0 Å². The molecule has 3 nitrogen and oxygen atoms in total. The molecule has 2 N–H and O–H groups in total. The van der Waals surface area contributed by atoms with E-state index in [0.717, 1.165) is 30.9 Å². The van der Waals surface area contributed by atoms with E-state index < -0.39 is 5.60 Å². The molecule has 19 heavy (non-hydrogen) atoms. The van der Waals surface area contributed by atoms with Gasteiger partial charge in [-0.15, -0.1) is 0 Å². The number of hydrogen-bond donors (Lipinski definition) is 2. The summed E-state index contributed by atoms with van der Waals surface area (Å²) < 4.78 is 5.54. The van der Waals surface area contributed by atoms with Crippen molar-refractivity contribution in [2.45, 2.75) is 39.7 Å². The van der Waals surface area contributed by atoms with Crippen molar-refractivity contribution < 1.29 is 9.84 Å². The van der Waals surface area contributed by atoms with Crippen LogP contribution in [0.4, 0.5) is 0 Å². The van der Waals surface area contributed by atoms with Crippen LogP contribution in [0.15, 0.2) is 24.3 Å². The molecule has 0 radical (unpaired) electrons. The second-order valence-electron chi connectivity index (χ2n) is 5.67. The van der Waals surface area contributed by atoms with E-state index in [2.05, 4.69) is 26.1 Å². The number of benzene rings is 1. The summed E-state index contributed by atoms with van der Waals surface area (Å²) in [4.78, 5) is 0. The molecule has 0 saturated carbocycles. The Morgan fingerprint density at radius 1 is 1.26 bits per heavy atom. The lowest BCUT2D eigenvalue weighted by Crippen LogP contribution is -2.36. The minimum absolute atomic E-state index is 0.556. The number of rotatable bonds is 8. The van der Waals surface area contributed by atoms with E-state index in [1.165, 1.54) is 0 Å². The SMILES string of the molecule is CCCOc1ccc(C(C)(O)CNCC(C)C)cc1. The predicted octanol–water partition coefficient (Wildman–Crippen LogP) is 2.93. The molecule has 1 unspecified atom stereocenters. The van der Waals surface area contributed by atoms with Crippen LogP contribution in [0.2, 0.25) is 0 Å². The molecule has 0 aliphatic heterocycles. The minimum atomic E-state index is -0.849. The summed E-state index contributed by atoms with van der Waals surface area (Å²) in [5, 5.41) is 13.8. The van der Waals surface area contributed by atoms with Crippen LogP contribution in [0.5, 0.6) is 5.75 Å². The van der Waals surface area contributed by atoms with Gasteiger partial charge in [-0.25, -0.2) is 0 Å². The van der Waals surface area contributed by atoms with Crippen molar-refractivity contribution in [2.75, 3.05) is 19.7 Å². The quantitative estimate of drug-likeness (QED) is 0.759. The van der Waals surface area contributed by atoms with E-state index in [0.29, 0.717) is 12.5 Å². The lowest BCUT2D eigenvalue weighted by molar-refractivity contribution is 0.0563. The molecule has 0 heterocycles. The first-order valence-corrected chi connectivity index (χ1v) is 7.12. The number of hydrogen-bond acceptors (Lipinski definition) is 3. The van der Waals surface area contributed by atoms with Crippen LogP contribution in [-0.4, -0.2) is 24.8 Å². The molecule has 1 aromatic carbocycles. The topological polar surface area (TPSA) is 41.5 Å². The van der Waals surface area contributed by atoms with Gasteiger partial charge < -0.3 is 15.2 Å². The van der Waals surface area contributed by atoms with E-state index in [4.69, 9.17) is 4.74 Å². The highest BCUT2D eigenvalue weighted by atomic mass is 16.5. The Labute approximate surface area is 117 Å². The van der Waals surface area contributed by atoms with Crippen LogP contribution < -0.4 is 10.1 Å². The standard InChI is InChI=1S/C16H27NO2/c1-5-10-19-15-8-6-14(7-9-15)16(4,18)12-17-11-13(2)3/h6-9,13,17-18H,5,10-12H2,1-4H3. The minimum Gasteiger partial charge on any atom is -0.494 e. The highest BCUT2D eigenvalue weighted by Crippen LogP contribution is 2.22. The molecule has 0 aromatic heterocycles. The normalized spacial score (nSPS) is 14.4. The Hall–Kier alpha value is -1.06. The van der Waals surface area contributed by atoms with Gasteiger partial charge in [-0.1, -0.05) is 32.9 Å². The first-order chi connectivity index (χ1) is 8.95. The summed E-state index contributed by atoms with van der Waals surface area (Å²) in [6, 6.07) is 7.70. The number of ether oxygens (including phenoxy) is 1. The molecule has 3 heteroatoms. The Morgan fingerprint density at radius 2 is 1.89 bits per heavy atom. The van der Waals surface area contributed by atoms with E-state index in [1.807, 2.05) is 31.2 Å². The molecule has 0 amide bonds. The number of nitrogens with one attached hydrogen (secondary N) is 1. The Bertz CT molecular complexity index is 358. The third-order valence-corrected chi connectivity index (χ3v) is 2.97. The van der Waals surface area contributed by atoms with E-state index in [9.17, 15) is 5.11 Å². The highest BCUT2D eigenvalue weighted by Gasteiger charge is 2.22.